The Morgan fingerprint density at radius 3 is 2.50 bits per heavy atom. The molecule has 28 heavy (non-hydrogen) atoms. The fraction of sp³-hybridized carbons (Fsp3) is 0.350. The Balaban J connectivity index is 1.86. The maximum Gasteiger partial charge on any atom is 0.320 e. The molecule has 1 saturated heterocycles. The van der Waals surface area contributed by atoms with Crippen LogP contribution >= 0.6 is 0 Å². The Labute approximate surface area is 164 Å². The molecule has 1 aliphatic heterocycles. The van der Waals surface area contributed by atoms with Crippen molar-refractivity contribution < 1.29 is 9.59 Å². The molecule has 3 N–H and O–H groups in total. The Morgan fingerprint density at radius 1 is 1.11 bits per heavy atom. The molecular formula is C20H26N6O2. The number of rotatable bonds is 5. The quantitative estimate of drug-likeness (QED) is 0.739. The molecule has 0 spiro atoms. The Bertz CT molecular complexity index is 819. The van der Waals surface area contributed by atoms with E-state index in [1.54, 1.807) is 6.07 Å². The third-order valence-electron chi connectivity index (χ3n) is 4.56. The number of pyridine rings is 1. The highest BCUT2D eigenvalue weighted by Crippen LogP contribution is 2.25. The summed E-state index contributed by atoms with van der Waals surface area (Å²) in [5.74, 6) is 0.308. The van der Waals surface area contributed by atoms with Gasteiger partial charge in [0.2, 0.25) is 0 Å². The number of carbonyl (C=O) groups excluding carboxylic acids is 2. The maximum absolute atomic E-state index is 13.1. The normalized spacial score (nSPS) is 14.4. The number of hydrogen-bond acceptors (Lipinski definition) is 5. The van der Waals surface area contributed by atoms with Crippen LogP contribution in [0.2, 0.25) is 0 Å². The van der Waals surface area contributed by atoms with E-state index in [2.05, 4.69) is 25.8 Å². The van der Waals surface area contributed by atoms with Gasteiger partial charge in [-0.3, -0.25) is 10.1 Å². The number of likely N-dealkylation sites (N-methyl/N-ethyl adjacent to an activating group) is 1. The minimum atomic E-state index is -0.334. The summed E-state index contributed by atoms with van der Waals surface area (Å²) in [7, 11) is 2.05. The highest BCUT2D eigenvalue weighted by Gasteiger charge is 2.23. The van der Waals surface area contributed by atoms with Crippen LogP contribution in [-0.4, -0.2) is 66.5 Å². The molecule has 8 heteroatoms. The first-order chi connectivity index (χ1) is 13.6. The van der Waals surface area contributed by atoms with E-state index in [4.69, 9.17) is 0 Å². The van der Waals surface area contributed by atoms with E-state index in [0.29, 0.717) is 36.7 Å². The standard InChI is InChI=1S/C20H26N6O2/c1-3-21-20(28)24-18-13-17(23-15-7-5-4-6-8-15)16(14-22-18)19(27)26-11-9-25(2)10-12-26/h4-8,13-14H,3,9-12H2,1-2H3,(H3,21,22,23,24,28). The zero-order valence-electron chi connectivity index (χ0n) is 16.2. The van der Waals surface area contributed by atoms with E-state index >= 15 is 0 Å². The lowest BCUT2D eigenvalue weighted by atomic mass is 10.1. The SMILES string of the molecule is CCNC(=O)Nc1cc(Nc2ccccc2)c(C(=O)N2CCN(C)CC2)cn1. The van der Waals surface area contributed by atoms with Gasteiger partial charge in [-0.1, -0.05) is 18.2 Å². The van der Waals surface area contributed by atoms with Crippen molar-refractivity contribution in [2.45, 2.75) is 6.92 Å². The van der Waals surface area contributed by atoms with E-state index in [-0.39, 0.29) is 11.9 Å². The summed E-state index contributed by atoms with van der Waals surface area (Å²) in [5, 5.41) is 8.63. The van der Waals surface area contributed by atoms with E-state index in [0.717, 1.165) is 18.8 Å². The first-order valence-electron chi connectivity index (χ1n) is 9.41. The average Bonchev–Trinajstić information content (AvgIpc) is 2.69. The van der Waals surface area contributed by atoms with Crippen molar-refractivity contribution in [1.29, 1.82) is 0 Å². The van der Waals surface area contributed by atoms with Gasteiger partial charge in [0.05, 0.1) is 11.3 Å². The third-order valence-corrected chi connectivity index (χ3v) is 4.56. The van der Waals surface area contributed by atoms with E-state index in [1.807, 2.05) is 49.2 Å². The molecule has 8 nitrogen and oxygen atoms in total. The number of amides is 3. The molecule has 3 rings (SSSR count). The van der Waals surface area contributed by atoms with Crippen molar-refractivity contribution in [1.82, 2.24) is 20.1 Å². The first kappa shape index (κ1) is 19.6. The van der Waals surface area contributed by atoms with Crippen LogP contribution in [0.4, 0.5) is 22.0 Å². The van der Waals surface area contributed by atoms with Crippen molar-refractivity contribution in [3.05, 3.63) is 48.2 Å². The zero-order valence-corrected chi connectivity index (χ0v) is 16.2. The molecule has 0 atom stereocenters. The van der Waals surface area contributed by atoms with Gasteiger partial charge in [0.1, 0.15) is 5.82 Å². The molecule has 1 aliphatic rings. The van der Waals surface area contributed by atoms with Gasteiger partial charge in [-0.25, -0.2) is 9.78 Å². The number of para-hydroxylation sites is 1. The van der Waals surface area contributed by atoms with Gasteiger partial charge >= 0.3 is 6.03 Å². The molecule has 3 amide bonds. The van der Waals surface area contributed by atoms with Crippen LogP contribution in [-0.2, 0) is 0 Å². The first-order valence-corrected chi connectivity index (χ1v) is 9.41. The number of carbonyl (C=O) groups is 2. The lowest BCUT2D eigenvalue weighted by Gasteiger charge is -2.32. The lowest BCUT2D eigenvalue weighted by Crippen LogP contribution is -2.47. The number of aromatic nitrogens is 1. The molecule has 0 aliphatic carbocycles. The molecule has 0 bridgehead atoms. The van der Waals surface area contributed by atoms with Gasteiger partial charge in [-0.05, 0) is 26.1 Å². The van der Waals surface area contributed by atoms with Crippen molar-refractivity contribution in [2.24, 2.45) is 0 Å². The number of anilines is 3. The summed E-state index contributed by atoms with van der Waals surface area (Å²) < 4.78 is 0. The predicted molar refractivity (Wildman–Crippen MR) is 110 cm³/mol. The average molecular weight is 382 g/mol. The number of piperazine rings is 1. The molecule has 1 fully saturated rings. The summed E-state index contributed by atoms with van der Waals surface area (Å²) in [6.07, 6.45) is 1.52. The van der Waals surface area contributed by atoms with Crippen LogP contribution in [0.5, 0.6) is 0 Å². The van der Waals surface area contributed by atoms with Crippen LogP contribution < -0.4 is 16.0 Å². The van der Waals surface area contributed by atoms with Crippen LogP contribution in [0.1, 0.15) is 17.3 Å². The number of nitrogens with one attached hydrogen (secondary N) is 3. The largest absolute Gasteiger partial charge is 0.355 e. The highest BCUT2D eigenvalue weighted by atomic mass is 16.2. The Hall–Kier alpha value is -3.13. The molecule has 1 aromatic carbocycles. The second kappa shape index (κ2) is 9.18. The number of hydrogen-bond donors (Lipinski definition) is 3. The molecule has 0 saturated carbocycles. The van der Waals surface area contributed by atoms with E-state index < -0.39 is 0 Å². The van der Waals surface area contributed by atoms with Gasteiger partial charge in [-0.2, -0.15) is 0 Å². The van der Waals surface area contributed by atoms with Crippen molar-refractivity contribution in [3.8, 4) is 0 Å². The van der Waals surface area contributed by atoms with Crippen molar-refractivity contribution >= 4 is 29.1 Å². The van der Waals surface area contributed by atoms with Crippen molar-refractivity contribution in [3.63, 3.8) is 0 Å². The zero-order chi connectivity index (χ0) is 19.9. The van der Waals surface area contributed by atoms with E-state index in [1.165, 1.54) is 6.20 Å². The van der Waals surface area contributed by atoms with Crippen molar-refractivity contribution in [2.75, 3.05) is 50.4 Å². The van der Waals surface area contributed by atoms with Crippen LogP contribution in [0.25, 0.3) is 0 Å². The number of nitrogens with zero attached hydrogens (tertiary/aromatic N) is 3. The lowest BCUT2D eigenvalue weighted by molar-refractivity contribution is 0.0664. The number of benzene rings is 1. The maximum atomic E-state index is 13.1. The summed E-state index contributed by atoms with van der Waals surface area (Å²) in [6.45, 7) is 5.40. The fourth-order valence-corrected chi connectivity index (χ4v) is 2.98. The summed E-state index contributed by atoms with van der Waals surface area (Å²) in [4.78, 5) is 33.2. The summed E-state index contributed by atoms with van der Waals surface area (Å²) in [6, 6.07) is 10.9. The Kier molecular flexibility index (Phi) is 6.44. The molecular weight excluding hydrogens is 356 g/mol. The second-order valence-electron chi connectivity index (χ2n) is 6.69. The van der Waals surface area contributed by atoms with Crippen LogP contribution in [0.3, 0.4) is 0 Å². The van der Waals surface area contributed by atoms with Gasteiger partial charge < -0.3 is 20.4 Å². The molecule has 2 aromatic rings. The smallest absolute Gasteiger partial charge is 0.320 e. The van der Waals surface area contributed by atoms with E-state index in [9.17, 15) is 9.59 Å². The molecule has 0 unspecified atom stereocenters. The van der Waals surface area contributed by atoms with Gasteiger partial charge in [0.15, 0.2) is 0 Å². The second-order valence-corrected chi connectivity index (χ2v) is 6.69. The van der Waals surface area contributed by atoms with Crippen LogP contribution in [0, 0.1) is 0 Å². The minimum absolute atomic E-state index is 0.0661. The third kappa shape index (κ3) is 4.98. The van der Waals surface area contributed by atoms with Gasteiger partial charge in [0.25, 0.3) is 5.91 Å². The van der Waals surface area contributed by atoms with Gasteiger partial charge in [0, 0.05) is 50.7 Å². The fourth-order valence-electron chi connectivity index (χ4n) is 2.98. The van der Waals surface area contributed by atoms with Gasteiger partial charge in [-0.15, -0.1) is 0 Å². The molecule has 148 valence electrons. The molecule has 2 heterocycles. The highest BCUT2D eigenvalue weighted by molar-refractivity contribution is 6.01. The summed E-state index contributed by atoms with van der Waals surface area (Å²) >= 11 is 0. The predicted octanol–water partition coefficient (Wildman–Crippen LogP) is 2.35. The molecule has 0 radical (unpaired) electrons. The topological polar surface area (TPSA) is 89.6 Å². The number of urea groups is 1. The van der Waals surface area contributed by atoms with Crippen LogP contribution in [0.15, 0.2) is 42.6 Å². The summed E-state index contributed by atoms with van der Waals surface area (Å²) in [5.41, 5.74) is 1.94. The Morgan fingerprint density at radius 2 is 1.82 bits per heavy atom. The monoisotopic (exact) mass is 382 g/mol. The molecule has 1 aromatic heterocycles. The minimum Gasteiger partial charge on any atom is -0.355 e.